The number of hydrogen-bond acceptors (Lipinski definition) is 5. The predicted molar refractivity (Wildman–Crippen MR) is 90.6 cm³/mol. The summed E-state index contributed by atoms with van der Waals surface area (Å²) in [5, 5.41) is 4.92. The highest BCUT2D eigenvalue weighted by Gasteiger charge is 2.12. The van der Waals surface area contributed by atoms with E-state index in [4.69, 9.17) is 0 Å². The van der Waals surface area contributed by atoms with Gasteiger partial charge in [-0.2, -0.15) is 0 Å². The normalized spacial score (nSPS) is 11.9. The number of H-pyrrole nitrogens is 1. The third kappa shape index (κ3) is 6.39. The third-order valence-electron chi connectivity index (χ3n) is 3.61. The number of rotatable bonds is 11. The van der Waals surface area contributed by atoms with Crippen LogP contribution in [0.5, 0.6) is 0 Å². The summed E-state index contributed by atoms with van der Waals surface area (Å²) in [5.41, 5.74) is 1.69. The molecule has 132 valence electrons. The van der Waals surface area contributed by atoms with Crippen LogP contribution in [0.2, 0.25) is 0 Å². The molecule has 1 aromatic heterocycles. The Labute approximate surface area is 144 Å². The lowest BCUT2D eigenvalue weighted by molar-refractivity contribution is -0.673. The van der Waals surface area contributed by atoms with Gasteiger partial charge in [0, 0.05) is 34.8 Å². The molecule has 0 spiro atoms. The number of benzene rings is 1. The predicted octanol–water partition coefficient (Wildman–Crippen LogP) is -1.57. The number of carbonyl (C=O) groups is 1. The number of para-hydroxylation sites is 1. The number of carbonyl (C=O) groups excluding carboxylic acids is 1. The van der Waals surface area contributed by atoms with Gasteiger partial charge >= 0.3 is 0 Å². The van der Waals surface area contributed by atoms with E-state index in [1.807, 2.05) is 34.9 Å². The van der Waals surface area contributed by atoms with Crippen LogP contribution in [0.1, 0.15) is 16.8 Å². The first-order valence-corrected chi connectivity index (χ1v) is 11.0. The molecule has 0 amide bonds. The van der Waals surface area contributed by atoms with Crippen molar-refractivity contribution in [3.63, 3.8) is 0 Å². The van der Waals surface area contributed by atoms with Crippen molar-refractivity contribution >= 4 is 34.9 Å². The molecule has 2 aromatic rings. The Morgan fingerprint density at radius 1 is 1.17 bits per heavy atom. The van der Waals surface area contributed by atoms with Crippen molar-refractivity contribution in [3.05, 3.63) is 36.0 Å². The van der Waals surface area contributed by atoms with Crippen molar-refractivity contribution in [2.24, 2.45) is 0 Å². The maximum Gasteiger partial charge on any atom is 0.218 e. The van der Waals surface area contributed by atoms with Crippen molar-refractivity contribution in [1.29, 1.82) is 0 Å². The van der Waals surface area contributed by atoms with Crippen LogP contribution in [-0.2, 0) is 4.57 Å². The topological polar surface area (TPSA) is 129 Å². The highest BCUT2D eigenvalue weighted by atomic mass is 32.7. The highest BCUT2D eigenvalue weighted by Crippen LogP contribution is 2.40. The van der Waals surface area contributed by atoms with Gasteiger partial charge in [0.1, 0.15) is 6.54 Å². The van der Waals surface area contributed by atoms with Gasteiger partial charge in [0.2, 0.25) is 5.78 Å². The van der Waals surface area contributed by atoms with Gasteiger partial charge in [-0.15, -0.1) is 11.4 Å². The van der Waals surface area contributed by atoms with Gasteiger partial charge in [0.15, 0.2) is 0 Å². The van der Waals surface area contributed by atoms with Crippen LogP contribution < -0.4 is 20.4 Å². The van der Waals surface area contributed by atoms with E-state index in [2.05, 4.69) is 4.98 Å². The molecule has 1 heterocycles. The summed E-state index contributed by atoms with van der Waals surface area (Å²) >= 11 is 0.463. The number of Topliss-reactive ketones (excluding diaryl/α,β-unsaturated/α-hetero) is 1. The Hall–Kier alpha value is -1.15. The minimum absolute atomic E-state index is 0.106. The molecule has 5 N–H and O–H groups in total. The van der Waals surface area contributed by atoms with Crippen molar-refractivity contribution in [1.82, 2.24) is 4.98 Å². The average Bonchev–Trinajstić information content (AvgIpc) is 2.96. The fourth-order valence-corrected chi connectivity index (χ4v) is 3.93. The lowest BCUT2D eigenvalue weighted by Crippen LogP contribution is -2.89. The molecule has 0 saturated heterocycles. The number of ketones is 1. The lowest BCUT2D eigenvalue weighted by atomic mass is 10.1. The molecule has 0 saturated carbocycles. The molecule has 0 aliphatic carbocycles. The Morgan fingerprint density at radius 3 is 2.71 bits per heavy atom. The zero-order valence-electron chi connectivity index (χ0n) is 13.3. The molecule has 0 unspecified atom stereocenters. The summed E-state index contributed by atoms with van der Waals surface area (Å²) in [6.07, 6.45) is 2.68. The SMILES string of the molecule is O=C(C[NH2+]CCC[NH2+]CCSP(=O)([O-])[O-])c1c[nH]c2ccccc12. The van der Waals surface area contributed by atoms with Crippen LogP contribution in [-0.4, -0.2) is 42.7 Å². The van der Waals surface area contributed by atoms with E-state index in [-0.39, 0.29) is 5.78 Å². The second-order valence-corrected chi connectivity index (χ2v) is 9.13. The molecule has 0 bridgehead atoms. The van der Waals surface area contributed by atoms with Crippen molar-refractivity contribution in [2.75, 3.05) is 31.9 Å². The smallest absolute Gasteiger partial charge is 0.218 e. The number of aromatic nitrogens is 1. The first-order valence-electron chi connectivity index (χ1n) is 7.86. The van der Waals surface area contributed by atoms with E-state index in [0.29, 0.717) is 30.2 Å². The van der Waals surface area contributed by atoms with E-state index in [9.17, 15) is 19.1 Å². The summed E-state index contributed by atoms with van der Waals surface area (Å²) < 4.78 is 10.4. The average molecular weight is 371 g/mol. The van der Waals surface area contributed by atoms with Crippen molar-refractivity contribution in [2.45, 2.75) is 6.42 Å². The van der Waals surface area contributed by atoms with Gasteiger partial charge in [-0.3, -0.25) is 4.79 Å². The maximum atomic E-state index is 12.2. The molecule has 0 aliphatic rings. The number of quaternary nitrogens is 2. The molecule has 0 fully saturated rings. The number of aromatic amines is 1. The van der Waals surface area contributed by atoms with Gasteiger partial charge in [-0.25, -0.2) is 0 Å². The van der Waals surface area contributed by atoms with E-state index < -0.39 is 6.80 Å². The molecule has 0 atom stereocenters. The van der Waals surface area contributed by atoms with Gasteiger partial charge in [0.05, 0.1) is 19.6 Å². The summed E-state index contributed by atoms with van der Waals surface area (Å²) in [5.74, 6) is 0.419. The summed E-state index contributed by atoms with van der Waals surface area (Å²) in [6.45, 7) is -1.74. The zero-order chi connectivity index (χ0) is 17.4. The first-order chi connectivity index (χ1) is 11.5. The van der Waals surface area contributed by atoms with Crippen LogP contribution in [0.4, 0.5) is 0 Å². The molecule has 2 rings (SSSR count). The Morgan fingerprint density at radius 2 is 1.92 bits per heavy atom. The summed E-state index contributed by atoms with van der Waals surface area (Å²) in [6, 6.07) is 7.74. The fourth-order valence-electron chi connectivity index (χ4n) is 2.44. The van der Waals surface area contributed by atoms with Crippen molar-refractivity contribution < 1.29 is 29.8 Å². The van der Waals surface area contributed by atoms with Crippen LogP contribution in [0.3, 0.4) is 0 Å². The molecule has 1 aromatic carbocycles. The number of fused-ring (bicyclic) bond motifs is 1. The second-order valence-electron chi connectivity index (χ2n) is 5.45. The highest BCUT2D eigenvalue weighted by molar-refractivity contribution is 8.53. The number of nitrogens with two attached hydrogens (primary N) is 2. The van der Waals surface area contributed by atoms with Gasteiger partial charge in [-0.1, -0.05) is 18.2 Å². The Bertz CT molecular complexity index is 716. The van der Waals surface area contributed by atoms with E-state index >= 15 is 0 Å². The molecule has 9 heteroatoms. The maximum absolute atomic E-state index is 12.2. The third-order valence-corrected chi connectivity index (χ3v) is 5.84. The minimum Gasteiger partial charge on any atom is -0.803 e. The lowest BCUT2D eigenvalue weighted by Gasteiger charge is -2.27. The zero-order valence-corrected chi connectivity index (χ0v) is 15.0. The molecule has 7 nitrogen and oxygen atoms in total. The fraction of sp³-hybridized carbons (Fsp3) is 0.400. The molecular formula is C15H22N3O4PS. The van der Waals surface area contributed by atoms with Crippen LogP contribution in [0.15, 0.2) is 30.5 Å². The first kappa shape index (κ1) is 19.2. The molecule has 0 radical (unpaired) electrons. The number of hydrogen-bond donors (Lipinski definition) is 3. The van der Waals surface area contributed by atoms with Gasteiger partial charge in [-0.05, 0) is 12.9 Å². The monoisotopic (exact) mass is 371 g/mol. The quantitative estimate of drug-likeness (QED) is 0.250. The Balaban J connectivity index is 1.58. The van der Waals surface area contributed by atoms with E-state index in [1.165, 1.54) is 0 Å². The largest absolute Gasteiger partial charge is 0.803 e. The summed E-state index contributed by atoms with van der Waals surface area (Å²) in [7, 11) is 0. The molecule has 0 aliphatic heterocycles. The second kappa shape index (κ2) is 9.36. The van der Waals surface area contributed by atoms with E-state index in [1.54, 1.807) is 6.20 Å². The van der Waals surface area contributed by atoms with Gasteiger partial charge in [0.25, 0.3) is 0 Å². The number of nitrogens with one attached hydrogen (secondary N) is 1. The minimum atomic E-state index is -4.43. The Kier molecular flexibility index (Phi) is 7.48. The summed E-state index contributed by atoms with van der Waals surface area (Å²) in [4.78, 5) is 36.2. The van der Waals surface area contributed by atoms with Crippen LogP contribution in [0.25, 0.3) is 10.9 Å². The van der Waals surface area contributed by atoms with Crippen molar-refractivity contribution in [3.8, 4) is 0 Å². The molecular weight excluding hydrogens is 349 g/mol. The molecule has 24 heavy (non-hydrogen) atoms. The van der Waals surface area contributed by atoms with Crippen LogP contribution >= 0.6 is 18.2 Å². The van der Waals surface area contributed by atoms with E-state index in [0.717, 1.165) is 36.0 Å². The standard InChI is InChI=1S/C15H22N3O4PS/c19-15(13-10-18-14-5-2-1-4-12(13)14)11-17-7-3-6-16-8-9-24-23(20,21)22/h1-2,4-5,10,16-18H,3,6-9,11H2,(H2,20,21,22). The van der Waals surface area contributed by atoms with Gasteiger partial charge < -0.3 is 30.0 Å². The van der Waals surface area contributed by atoms with Crippen LogP contribution in [0, 0.1) is 0 Å².